The molecule has 1 aliphatic heterocycles. The maximum atomic E-state index is 5.18. The van der Waals surface area contributed by atoms with Gasteiger partial charge in [-0.05, 0) is 11.6 Å². The van der Waals surface area contributed by atoms with Crippen LogP contribution in [0.2, 0.25) is 0 Å². The summed E-state index contributed by atoms with van der Waals surface area (Å²) in [5.41, 5.74) is 2.81. The third-order valence-electron chi connectivity index (χ3n) is 3.17. The number of para-hydroxylation sites is 1. The highest BCUT2D eigenvalue weighted by molar-refractivity contribution is 5.64. The number of hydrogen-bond acceptors (Lipinski definition) is 2. The molecule has 3 atom stereocenters. The fourth-order valence-corrected chi connectivity index (χ4v) is 2.49. The first kappa shape index (κ1) is 7.39. The summed E-state index contributed by atoms with van der Waals surface area (Å²) in [6.07, 6.45) is 0. The van der Waals surface area contributed by atoms with Crippen molar-refractivity contribution in [2.45, 2.75) is 12.0 Å². The van der Waals surface area contributed by atoms with Crippen LogP contribution < -0.4 is 5.32 Å². The third kappa shape index (κ3) is 0.923. The molecular weight excluding hydrogens is 162 g/mol. The first-order chi connectivity index (χ1) is 6.42. The van der Waals surface area contributed by atoms with Crippen LogP contribution in [0, 0.1) is 5.92 Å². The Morgan fingerprint density at radius 2 is 2.23 bits per heavy atom. The predicted molar refractivity (Wildman–Crippen MR) is 52.0 cm³/mol. The molecule has 0 amide bonds. The van der Waals surface area contributed by atoms with E-state index in [9.17, 15) is 0 Å². The summed E-state index contributed by atoms with van der Waals surface area (Å²) >= 11 is 0. The number of methoxy groups -OCH3 is 1. The van der Waals surface area contributed by atoms with E-state index in [1.165, 1.54) is 11.3 Å². The van der Waals surface area contributed by atoms with Crippen LogP contribution in [0.1, 0.15) is 11.5 Å². The normalized spacial score (nSPS) is 33.5. The van der Waals surface area contributed by atoms with E-state index in [4.69, 9.17) is 4.74 Å². The third-order valence-corrected chi connectivity index (χ3v) is 3.17. The summed E-state index contributed by atoms with van der Waals surface area (Å²) in [5, 5.41) is 3.53. The Morgan fingerprint density at radius 3 is 3.08 bits per heavy atom. The lowest BCUT2D eigenvalue weighted by Gasteiger charge is -2.07. The highest BCUT2D eigenvalue weighted by atomic mass is 16.5. The Balaban J connectivity index is 1.87. The standard InChI is InChI=1S/C11H13NO/c1-13-6-8-10-7-4-2-3-5-9(7)12-11(8)10/h2-5,8,10-12H,6H2,1H3. The lowest BCUT2D eigenvalue weighted by molar-refractivity contribution is 0.183. The minimum absolute atomic E-state index is 0.650. The van der Waals surface area contributed by atoms with Gasteiger partial charge in [-0.1, -0.05) is 18.2 Å². The van der Waals surface area contributed by atoms with Crippen LogP contribution in [0.3, 0.4) is 0 Å². The monoisotopic (exact) mass is 175 g/mol. The number of hydrogen-bond donors (Lipinski definition) is 1. The van der Waals surface area contributed by atoms with E-state index in [0.717, 1.165) is 12.5 Å². The lowest BCUT2D eigenvalue weighted by atomic mass is 10.1. The molecule has 1 aliphatic carbocycles. The Bertz CT molecular complexity index is 333. The second-order valence-corrected chi connectivity index (χ2v) is 3.90. The van der Waals surface area contributed by atoms with E-state index in [1.807, 2.05) is 0 Å². The van der Waals surface area contributed by atoms with Gasteiger partial charge in [-0.15, -0.1) is 0 Å². The molecule has 0 bridgehead atoms. The van der Waals surface area contributed by atoms with E-state index in [-0.39, 0.29) is 0 Å². The van der Waals surface area contributed by atoms with E-state index < -0.39 is 0 Å². The number of nitrogens with one attached hydrogen (secondary N) is 1. The Hall–Kier alpha value is -1.02. The fourth-order valence-electron chi connectivity index (χ4n) is 2.49. The summed E-state index contributed by atoms with van der Waals surface area (Å²) in [5.74, 6) is 1.43. The lowest BCUT2D eigenvalue weighted by Crippen LogP contribution is -2.06. The van der Waals surface area contributed by atoms with Crippen LogP contribution in [-0.4, -0.2) is 19.8 Å². The van der Waals surface area contributed by atoms with Gasteiger partial charge in [0.1, 0.15) is 0 Å². The number of fused-ring (bicyclic) bond motifs is 3. The van der Waals surface area contributed by atoms with E-state index in [2.05, 4.69) is 29.6 Å². The molecule has 0 aromatic heterocycles. The minimum atomic E-state index is 0.650. The minimum Gasteiger partial charge on any atom is -0.384 e. The molecule has 3 rings (SSSR count). The predicted octanol–water partition coefficient (Wildman–Crippen LogP) is 1.84. The molecule has 1 saturated carbocycles. The summed E-state index contributed by atoms with van der Waals surface area (Å²) in [6.45, 7) is 0.886. The quantitative estimate of drug-likeness (QED) is 0.740. The molecule has 2 aliphatic rings. The molecule has 3 unspecified atom stereocenters. The van der Waals surface area contributed by atoms with Gasteiger partial charge in [0, 0.05) is 30.7 Å². The van der Waals surface area contributed by atoms with Crippen LogP contribution in [-0.2, 0) is 4.74 Å². The van der Waals surface area contributed by atoms with Crippen LogP contribution in [0.4, 0.5) is 5.69 Å². The van der Waals surface area contributed by atoms with E-state index in [1.54, 1.807) is 7.11 Å². The molecule has 1 heterocycles. The molecule has 0 saturated heterocycles. The zero-order chi connectivity index (χ0) is 8.84. The van der Waals surface area contributed by atoms with Crippen molar-refractivity contribution in [3.8, 4) is 0 Å². The summed E-state index contributed by atoms with van der Waals surface area (Å²) < 4.78 is 5.18. The van der Waals surface area contributed by atoms with E-state index in [0.29, 0.717) is 12.0 Å². The zero-order valence-electron chi connectivity index (χ0n) is 7.66. The first-order valence-corrected chi connectivity index (χ1v) is 4.76. The van der Waals surface area contributed by atoms with Crippen molar-refractivity contribution in [1.29, 1.82) is 0 Å². The second-order valence-electron chi connectivity index (χ2n) is 3.90. The SMILES string of the molecule is COCC1C2Nc3ccccc3C12. The van der Waals surface area contributed by atoms with Gasteiger partial charge in [0.25, 0.3) is 0 Å². The van der Waals surface area contributed by atoms with Crippen LogP contribution >= 0.6 is 0 Å². The molecule has 1 N–H and O–H groups in total. The molecule has 0 spiro atoms. The van der Waals surface area contributed by atoms with Gasteiger partial charge < -0.3 is 10.1 Å². The Kier molecular flexibility index (Phi) is 1.41. The topological polar surface area (TPSA) is 21.3 Å². The summed E-state index contributed by atoms with van der Waals surface area (Å²) in [4.78, 5) is 0. The van der Waals surface area contributed by atoms with Gasteiger partial charge in [0.2, 0.25) is 0 Å². The van der Waals surface area contributed by atoms with Crippen LogP contribution in [0.25, 0.3) is 0 Å². The van der Waals surface area contributed by atoms with Gasteiger partial charge in [0.05, 0.1) is 6.61 Å². The summed E-state index contributed by atoms with van der Waals surface area (Å²) in [7, 11) is 1.78. The average Bonchev–Trinajstić information content (AvgIpc) is 2.70. The van der Waals surface area contributed by atoms with Crippen molar-refractivity contribution < 1.29 is 4.74 Å². The molecule has 2 nitrogen and oxygen atoms in total. The van der Waals surface area contributed by atoms with E-state index >= 15 is 0 Å². The smallest absolute Gasteiger partial charge is 0.0516 e. The largest absolute Gasteiger partial charge is 0.384 e. The Labute approximate surface area is 77.9 Å². The zero-order valence-corrected chi connectivity index (χ0v) is 7.66. The number of ether oxygens (including phenoxy) is 1. The van der Waals surface area contributed by atoms with Crippen LogP contribution in [0.15, 0.2) is 24.3 Å². The molecule has 1 fully saturated rings. The molecule has 68 valence electrons. The Morgan fingerprint density at radius 1 is 1.38 bits per heavy atom. The maximum absolute atomic E-state index is 5.18. The van der Waals surface area contributed by atoms with Gasteiger partial charge in [0.15, 0.2) is 0 Å². The number of anilines is 1. The number of benzene rings is 1. The fraction of sp³-hybridized carbons (Fsp3) is 0.455. The molecule has 1 aromatic rings. The molecule has 2 heteroatoms. The van der Waals surface area contributed by atoms with Crippen molar-refractivity contribution >= 4 is 5.69 Å². The second kappa shape index (κ2) is 2.48. The molecule has 1 aromatic carbocycles. The van der Waals surface area contributed by atoms with Crippen LogP contribution in [0.5, 0.6) is 0 Å². The summed E-state index contributed by atoms with van der Waals surface area (Å²) in [6, 6.07) is 9.23. The average molecular weight is 175 g/mol. The van der Waals surface area contributed by atoms with Crippen molar-refractivity contribution in [3.05, 3.63) is 29.8 Å². The maximum Gasteiger partial charge on any atom is 0.0516 e. The van der Waals surface area contributed by atoms with Crippen molar-refractivity contribution in [2.24, 2.45) is 5.92 Å². The van der Waals surface area contributed by atoms with Crippen molar-refractivity contribution in [3.63, 3.8) is 0 Å². The van der Waals surface area contributed by atoms with Crippen molar-refractivity contribution in [1.82, 2.24) is 0 Å². The van der Waals surface area contributed by atoms with Gasteiger partial charge in [-0.25, -0.2) is 0 Å². The van der Waals surface area contributed by atoms with Gasteiger partial charge >= 0.3 is 0 Å². The van der Waals surface area contributed by atoms with Gasteiger partial charge in [-0.2, -0.15) is 0 Å². The van der Waals surface area contributed by atoms with Gasteiger partial charge in [-0.3, -0.25) is 0 Å². The van der Waals surface area contributed by atoms with Crippen molar-refractivity contribution in [2.75, 3.05) is 19.0 Å². The first-order valence-electron chi connectivity index (χ1n) is 4.76. The highest BCUT2D eigenvalue weighted by Crippen LogP contribution is 2.56. The molecule has 13 heavy (non-hydrogen) atoms. The molecular formula is C11H13NO. The highest BCUT2D eigenvalue weighted by Gasteiger charge is 2.55. The number of rotatable bonds is 2. The molecule has 0 radical (unpaired) electrons.